The highest BCUT2D eigenvalue weighted by atomic mass is 16.4. The van der Waals surface area contributed by atoms with E-state index in [-0.39, 0.29) is 0 Å². The number of aromatic nitrogens is 2. The SMILES string of the molecule is CCCCN(CC)Cc1nnc(-c2cccc(C)c2)o1. The average molecular weight is 273 g/mol. The topological polar surface area (TPSA) is 42.2 Å². The lowest BCUT2D eigenvalue weighted by Crippen LogP contribution is -2.24. The minimum Gasteiger partial charge on any atom is -0.419 e. The maximum atomic E-state index is 5.77. The summed E-state index contributed by atoms with van der Waals surface area (Å²) in [5.41, 5.74) is 2.18. The number of hydrogen-bond acceptors (Lipinski definition) is 4. The molecule has 0 aliphatic carbocycles. The van der Waals surface area contributed by atoms with Crippen LogP contribution in [0, 0.1) is 6.92 Å². The molecule has 0 saturated carbocycles. The predicted molar refractivity (Wildman–Crippen MR) is 80.3 cm³/mol. The van der Waals surface area contributed by atoms with Crippen molar-refractivity contribution in [2.24, 2.45) is 0 Å². The smallest absolute Gasteiger partial charge is 0.247 e. The van der Waals surface area contributed by atoms with Crippen molar-refractivity contribution in [1.29, 1.82) is 0 Å². The van der Waals surface area contributed by atoms with E-state index < -0.39 is 0 Å². The molecular formula is C16H23N3O. The van der Waals surface area contributed by atoms with E-state index in [4.69, 9.17) is 4.42 Å². The number of hydrogen-bond donors (Lipinski definition) is 0. The minimum absolute atomic E-state index is 0.607. The summed E-state index contributed by atoms with van der Waals surface area (Å²) in [5, 5.41) is 8.31. The molecule has 4 heteroatoms. The Morgan fingerprint density at radius 1 is 1.20 bits per heavy atom. The Kier molecular flexibility index (Phi) is 5.30. The zero-order valence-electron chi connectivity index (χ0n) is 12.6. The number of rotatable bonds is 7. The summed E-state index contributed by atoms with van der Waals surface area (Å²) in [6, 6.07) is 8.13. The van der Waals surface area contributed by atoms with Gasteiger partial charge in [0.25, 0.3) is 0 Å². The van der Waals surface area contributed by atoms with Gasteiger partial charge in [-0.25, -0.2) is 0 Å². The normalized spacial score (nSPS) is 11.2. The van der Waals surface area contributed by atoms with Crippen LogP contribution >= 0.6 is 0 Å². The van der Waals surface area contributed by atoms with Crippen molar-refractivity contribution < 1.29 is 4.42 Å². The third-order valence-corrected chi connectivity index (χ3v) is 3.37. The molecule has 0 N–H and O–H groups in total. The molecule has 20 heavy (non-hydrogen) atoms. The summed E-state index contributed by atoms with van der Waals surface area (Å²) in [5.74, 6) is 1.30. The van der Waals surface area contributed by atoms with Gasteiger partial charge in [0.05, 0.1) is 6.54 Å². The first kappa shape index (κ1) is 14.7. The maximum absolute atomic E-state index is 5.77. The molecule has 0 bridgehead atoms. The Balaban J connectivity index is 2.05. The lowest BCUT2D eigenvalue weighted by molar-refractivity contribution is 0.248. The van der Waals surface area contributed by atoms with Crippen LogP contribution in [0.2, 0.25) is 0 Å². The lowest BCUT2D eigenvalue weighted by atomic mass is 10.1. The second kappa shape index (κ2) is 7.20. The van der Waals surface area contributed by atoms with Crippen LogP contribution in [0.5, 0.6) is 0 Å². The molecule has 0 atom stereocenters. The minimum atomic E-state index is 0.607. The summed E-state index contributed by atoms with van der Waals surface area (Å²) in [4.78, 5) is 2.33. The van der Waals surface area contributed by atoms with Crippen molar-refractivity contribution in [3.05, 3.63) is 35.7 Å². The zero-order chi connectivity index (χ0) is 14.4. The molecular weight excluding hydrogens is 250 g/mol. The molecule has 0 radical (unpaired) electrons. The van der Waals surface area contributed by atoms with Crippen LogP contribution in [0.1, 0.15) is 38.1 Å². The predicted octanol–water partition coefficient (Wildman–Crippen LogP) is 3.67. The van der Waals surface area contributed by atoms with Crippen LogP contribution in [0.25, 0.3) is 11.5 Å². The van der Waals surface area contributed by atoms with Gasteiger partial charge in [0.2, 0.25) is 11.8 Å². The quantitative estimate of drug-likeness (QED) is 0.772. The molecule has 0 fully saturated rings. The Morgan fingerprint density at radius 2 is 2.05 bits per heavy atom. The number of unbranched alkanes of at least 4 members (excludes halogenated alkanes) is 1. The highest BCUT2D eigenvalue weighted by Crippen LogP contribution is 2.19. The first-order chi connectivity index (χ1) is 9.72. The molecule has 2 aromatic rings. The van der Waals surface area contributed by atoms with Crippen LogP contribution in [-0.2, 0) is 6.54 Å². The Bertz CT molecular complexity index is 536. The molecule has 1 aromatic carbocycles. The van der Waals surface area contributed by atoms with Crippen molar-refractivity contribution in [3.63, 3.8) is 0 Å². The molecule has 0 aliphatic heterocycles. The van der Waals surface area contributed by atoms with Gasteiger partial charge in [0, 0.05) is 5.56 Å². The number of benzene rings is 1. The van der Waals surface area contributed by atoms with E-state index in [1.807, 2.05) is 12.1 Å². The Hall–Kier alpha value is -1.68. The van der Waals surface area contributed by atoms with E-state index in [0.29, 0.717) is 11.8 Å². The average Bonchev–Trinajstić information content (AvgIpc) is 2.92. The van der Waals surface area contributed by atoms with E-state index in [9.17, 15) is 0 Å². The largest absolute Gasteiger partial charge is 0.419 e. The molecule has 4 nitrogen and oxygen atoms in total. The van der Waals surface area contributed by atoms with Crippen molar-refractivity contribution in [1.82, 2.24) is 15.1 Å². The second-order valence-electron chi connectivity index (χ2n) is 5.09. The molecule has 1 aromatic heterocycles. The van der Waals surface area contributed by atoms with Gasteiger partial charge >= 0.3 is 0 Å². The fraction of sp³-hybridized carbons (Fsp3) is 0.500. The molecule has 0 aliphatic rings. The van der Waals surface area contributed by atoms with Crippen LogP contribution in [0.15, 0.2) is 28.7 Å². The van der Waals surface area contributed by atoms with Gasteiger partial charge in [0.1, 0.15) is 0 Å². The molecule has 2 rings (SSSR count). The van der Waals surface area contributed by atoms with Crippen LogP contribution in [0.4, 0.5) is 0 Å². The molecule has 108 valence electrons. The van der Waals surface area contributed by atoms with Gasteiger partial charge in [-0.15, -0.1) is 10.2 Å². The standard InChI is InChI=1S/C16H23N3O/c1-4-6-10-19(5-2)12-15-17-18-16(20-15)14-9-7-8-13(3)11-14/h7-9,11H,4-6,10,12H2,1-3H3. The van der Waals surface area contributed by atoms with Gasteiger partial charge in [-0.05, 0) is 38.6 Å². The highest BCUT2D eigenvalue weighted by molar-refractivity contribution is 5.53. The van der Waals surface area contributed by atoms with E-state index in [1.165, 1.54) is 18.4 Å². The summed E-state index contributed by atoms with van der Waals surface area (Å²) in [7, 11) is 0. The Labute approximate surface area is 120 Å². The van der Waals surface area contributed by atoms with E-state index >= 15 is 0 Å². The van der Waals surface area contributed by atoms with E-state index in [1.54, 1.807) is 0 Å². The van der Waals surface area contributed by atoms with Crippen LogP contribution in [0.3, 0.4) is 0 Å². The van der Waals surface area contributed by atoms with Crippen molar-refractivity contribution in [2.45, 2.75) is 40.2 Å². The monoisotopic (exact) mass is 273 g/mol. The summed E-state index contributed by atoms with van der Waals surface area (Å²) >= 11 is 0. The highest BCUT2D eigenvalue weighted by Gasteiger charge is 2.11. The van der Waals surface area contributed by atoms with Gasteiger partial charge < -0.3 is 4.42 Å². The lowest BCUT2D eigenvalue weighted by Gasteiger charge is -2.17. The summed E-state index contributed by atoms with van der Waals surface area (Å²) in [6.45, 7) is 9.24. The second-order valence-corrected chi connectivity index (χ2v) is 5.09. The van der Waals surface area contributed by atoms with E-state index in [2.05, 4.69) is 48.0 Å². The van der Waals surface area contributed by atoms with Crippen LogP contribution < -0.4 is 0 Å². The van der Waals surface area contributed by atoms with Crippen molar-refractivity contribution in [3.8, 4) is 11.5 Å². The number of aryl methyl sites for hydroxylation is 1. The molecule has 0 unspecified atom stereocenters. The third kappa shape index (κ3) is 3.90. The van der Waals surface area contributed by atoms with Gasteiger partial charge in [0.15, 0.2) is 0 Å². The summed E-state index contributed by atoms with van der Waals surface area (Å²) < 4.78 is 5.77. The number of nitrogens with zero attached hydrogens (tertiary/aromatic N) is 3. The molecule has 1 heterocycles. The van der Waals surface area contributed by atoms with Crippen molar-refractivity contribution >= 4 is 0 Å². The zero-order valence-corrected chi connectivity index (χ0v) is 12.6. The van der Waals surface area contributed by atoms with Gasteiger partial charge in [-0.2, -0.15) is 0 Å². The first-order valence-corrected chi connectivity index (χ1v) is 7.34. The van der Waals surface area contributed by atoms with Crippen molar-refractivity contribution in [2.75, 3.05) is 13.1 Å². The van der Waals surface area contributed by atoms with Gasteiger partial charge in [-0.1, -0.05) is 38.0 Å². The van der Waals surface area contributed by atoms with E-state index in [0.717, 1.165) is 25.2 Å². The summed E-state index contributed by atoms with van der Waals surface area (Å²) in [6.07, 6.45) is 2.40. The molecule has 0 amide bonds. The first-order valence-electron chi connectivity index (χ1n) is 7.34. The molecule has 0 saturated heterocycles. The fourth-order valence-electron chi connectivity index (χ4n) is 2.13. The Morgan fingerprint density at radius 3 is 2.75 bits per heavy atom. The van der Waals surface area contributed by atoms with Crippen LogP contribution in [-0.4, -0.2) is 28.2 Å². The molecule has 0 spiro atoms. The maximum Gasteiger partial charge on any atom is 0.247 e. The fourth-order valence-corrected chi connectivity index (χ4v) is 2.13. The van der Waals surface area contributed by atoms with Gasteiger partial charge in [-0.3, -0.25) is 4.90 Å². The third-order valence-electron chi connectivity index (χ3n) is 3.37.